The van der Waals surface area contributed by atoms with Gasteiger partial charge in [-0.3, -0.25) is 4.21 Å². The Bertz CT molecular complexity index is 33.8. The van der Waals surface area contributed by atoms with Gasteiger partial charge in [0, 0.05) is 0 Å². The predicted molar refractivity (Wildman–Crippen MR) is 9.70 cm³/mol. The molecule has 0 aliphatic rings. The van der Waals surface area contributed by atoms with Gasteiger partial charge < -0.3 is 9.11 Å². The first-order valence-corrected chi connectivity index (χ1v) is 1.50. The molecule has 0 bridgehead atoms. The van der Waals surface area contributed by atoms with Gasteiger partial charge in [0.25, 0.3) is 0 Å². The van der Waals surface area contributed by atoms with E-state index in [-0.39, 0.29) is 50.0 Å². The Morgan fingerprint density at radius 3 is 1.33 bits per heavy atom. The van der Waals surface area contributed by atoms with Gasteiger partial charge in [0.05, 0.1) is 0 Å². The number of rotatable bonds is 0. The molecule has 0 rings (SSSR count). The van der Waals surface area contributed by atoms with E-state index in [0.29, 0.717) is 0 Å². The summed E-state index contributed by atoms with van der Waals surface area (Å²) >= 11 is -3.11. The van der Waals surface area contributed by atoms with Crippen LogP contribution < -0.4 is 29.6 Å². The molecule has 0 saturated heterocycles. The van der Waals surface area contributed by atoms with Crippen molar-refractivity contribution in [2.45, 2.75) is 0 Å². The van der Waals surface area contributed by atoms with E-state index in [0.717, 1.165) is 0 Å². The average Bonchev–Trinajstić information content (AvgIpc) is 0.811. The van der Waals surface area contributed by atoms with Crippen LogP contribution in [0.25, 0.3) is 0 Å². The van der Waals surface area contributed by atoms with Crippen molar-refractivity contribution in [1.29, 1.82) is 0 Å². The van der Waals surface area contributed by atoms with Crippen LogP contribution in [0.4, 0.5) is 0 Å². The third-order valence-corrected chi connectivity index (χ3v) is 0. The van der Waals surface area contributed by atoms with Crippen LogP contribution in [-0.2, 0) is 31.8 Å². The van der Waals surface area contributed by atoms with Gasteiger partial charge in [-0.1, -0.05) is 0 Å². The molecule has 6 heavy (non-hydrogen) atoms. The zero-order chi connectivity index (χ0) is 3.58. The second-order valence-corrected chi connectivity index (χ2v) is 0.612. The fraction of sp³-hybridized carbons (Fsp3) is 0. The standard InChI is InChI=1S/Na.H2O3S.Pd/c;1-4(2)3;/h;(H2,1,2,3);/q+1;;+2/p-2. The normalized spacial score (nSPS) is 5.83. The van der Waals surface area contributed by atoms with Crippen LogP contribution >= 0.6 is 0 Å². The predicted octanol–water partition coefficient (Wildman–Crippen LogP) is -4.00. The molecular weight excluding hydrogens is 209 g/mol. The average molecular weight is 209 g/mol. The summed E-state index contributed by atoms with van der Waals surface area (Å²) in [6.45, 7) is 0. The van der Waals surface area contributed by atoms with Crippen molar-refractivity contribution in [2.24, 2.45) is 0 Å². The first-order chi connectivity index (χ1) is 1.73. The van der Waals surface area contributed by atoms with E-state index in [9.17, 15) is 0 Å². The molecule has 0 aliphatic heterocycles. The van der Waals surface area contributed by atoms with Gasteiger partial charge in [0.1, 0.15) is 0 Å². The van der Waals surface area contributed by atoms with Crippen LogP contribution in [0.3, 0.4) is 0 Å². The van der Waals surface area contributed by atoms with Crippen molar-refractivity contribution in [1.82, 2.24) is 0 Å². The van der Waals surface area contributed by atoms with Gasteiger partial charge in [0.15, 0.2) is 0 Å². The second kappa shape index (κ2) is 9.88. The van der Waals surface area contributed by atoms with Crippen molar-refractivity contribution in [3.05, 3.63) is 0 Å². The first-order valence-electron chi connectivity index (χ1n) is 0.500. The molecular formula is NaO3PdS+. The Morgan fingerprint density at radius 1 is 1.33 bits per heavy atom. The van der Waals surface area contributed by atoms with Crippen molar-refractivity contribution in [2.75, 3.05) is 0 Å². The summed E-state index contributed by atoms with van der Waals surface area (Å²) in [5.74, 6) is 0. The fourth-order valence-corrected chi connectivity index (χ4v) is 0. The van der Waals surface area contributed by atoms with Gasteiger partial charge >= 0.3 is 50.0 Å². The minimum atomic E-state index is -3.11. The molecule has 0 aromatic rings. The fourth-order valence-electron chi connectivity index (χ4n) is 0. The summed E-state index contributed by atoms with van der Waals surface area (Å²) < 4.78 is 25.3. The molecule has 0 radical (unpaired) electrons. The Kier molecular flexibility index (Phi) is 25.8. The Hall–Kier alpha value is 1.73. The zero-order valence-corrected chi connectivity index (χ0v) is 7.32. The van der Waals surface area contributed by atoms with E-state index < -0.39 is 11.4 Å². The van der Waals surface area contributed by atoms with Gasteiger partial charge in [-0.25, -0.2) is 0 Å². The quantitative estimate of drug-likeness (QED) is 0.302. The molecule has 34 valence electrons. The van der Waals surface area contributed by atoms with Gasteiger partial charge in [0.2, 0.25) is 0 Å². The molecule has 0 fully saturated rings. The third kappa shape index (κ3) is 42.8. The maximum absolute atomic E-state index is 8.44. The minimum Gasteiger partial charge on any atom is -0.784 e. The zero-order valence-electron chi connectivity index (χ0n) is 2.95. The summed E-state index contributed by atoms with van der Waals surface area (Å²) in [5, 5.41) is 0. The molecule has 0 aromatic carbocycles. The molecule has 0 amide bonds. The smallest absolute Gasteiger partial charge is 0.784 e. The summed E-state index contributed by atoms with van der Waals surface area (Å²) in [7, 11) is 0. The van der Waals surface area contributed by atoms with Gasteiger partial charge in [-0.15, -0.1) is 11.4 Å². The van der Waals surface area contributed by atoms with Crippen LogP contribution in [0.5, 0.6) is 0 Å². The largest absolute Gasteiger partial charge is 2.00 e. The van der Waals surface area contributed by atoms with Crippen molar-refractivity contribution >= 4 is 11.4 Å². The molecule has 0 saturated carbocycles. The topological polar surface area (TPSA) is 63.2 Å². The maximum Gasteiger partial charge on any atom is 2.00 e. The molecule has 0 N–H and O–H groups in total. The maximum atomic E-state index is 8.44. The monoisotopic (exact) mass is 209 g/mol. The van der Waals surface area contributed by atoms with Crippen LogP contribution in [-0.4, -0.2) is 13.3 Å². The molecule has 3 nitrogen and oxygen atoms in total. The Labute approximate surface area is 73.9 Å². The summed E-state index contributed by atoms with van der Waals surface area (Å²) in [6.07, 6.45) is 0. The van der Waals surface area contributed by atoms with Crippen molar-refractivity contribution in [3.63, 3.8) is 0 Å². The van der Waals surface area contributed by atoms with E-state index in [1.165, 1.54) is 0 Å². The van der Waals surface area contributed by atoms with Crippen LogP contribution in [0.1, 0.15) is 0 Å². The SMILES string of the molecule is O=S([O-])[O-].[Na+].[Pd+2]. The van der Waals surface area contributed by atoms with Crippen LogP contribution in [0, 0.1) is 0 Å². The molecule has 0 atom stereocenters. The Morgan fingerprint density at radius 2 is 1.33 bits per heavy atom. The molecule has 0 unspecified atom stereocenters. The van der Waals surface area contributed by atoms with Crippen LogP contribution in [0.15, 0.2) is 0 Å². The number of hydrogen-bond acceptors (Lipinski definition) is 3. The van der Waals surface area contributed by atoms with Gasteiger partial charge in [-0.2, -0.15) is 0 Å². The van der Waals surface area contributed by atoms with Gasteiger partial charge in [-0.05, 0) is 0 Å². The second-order valence-electron chi connectivity index (χ2n) is 0.204. The minimum absolute atomic E-state index is 0. The number of hydrogen-bond donors (Lipinski definition) is 0. The van der Waals surface area contributed by atoms with E-state index in [4.69, 9.17) is 13.3 Å². The van der Waals surface area contributed by atoms with Crippen LogP contribution in [0.2, 0.25) is 0 Å². The van der Waals surface area contributed by atoms with E-state index >= 15 is 0 Å². The molecule has 0 aliphatic carbocycles. The summed E-state index contributed by atoms with van der Waals surface area (Å²) in [4.78, 5) is 0. The summed E-state index contributed by atoms with van der Waals surface area (Å²) in [6, 6.07) is 0. The first kappa shape index (κ1) is 15.6. The Balaban J connectivity index is -0.0000000450. The van der Waals surface area contributed by atoms with E-state index in [1.54, 1.807) is 0 Å². The molecule has 0 aromatic heterocycles. The molecule has 6 heteroatoms. The molecule has 0 heterocycles. The van der Waals surface area contributed by atoms with E-state index in [1.807, 2.05) is 0 Å². The third-order valence-electron chi connectivity index (χ3n) is 0. The van der Waals surface area contributed by atoms with Crippen molar-refractivity contribution in [3.8, 4) is 0 Å². The van der Waals surface area contributed by atoms with E-state index in [2.05, 4.69) is 0 Å². The summed E-state index contributed by atoms with van der Waals surface area (Å²) in [5.41, 5.74) is 0. The van der Waals surface area contributed by atoms with Crippen molar-refractivity contribution < 1.29 is 63.3 Å². The molecule has 0 spiro atoms.